The SMILES string of the molecule is CC(=O)OC1C=CC(=O)OC(C)CCCCCCCCCCC(OC(C)=O)C1OC(C)=O. The maximum absolute atomic E-state index is 12.3. The highest BCUT2D eigenvalue weighted by molar-refractivity contribution is 5.82. The van der Waals surface area contributed by atoms with E-state index in [9.17, 15) is 19.2 Å². The molecule has 1 aliphatic rings. The summed E-state index contributed by atoms with van der Waals surface area (Å²) in [4.78, 5) is 47.5. The summed E-state index contributed by atoms with van der Waals surface area (Å²) in [7, 11) is 0. The van der Waals surface area contributed by atoms with E-state index in [-0.39, 0.29) is 6.10 Å². The maximum atomic E-state index is 12.3. The molecule has 0 amide bonds. The molecule has 4 atom stereocenters. The average molecular weight is 455 g/mol. The van der Waals surface area contributed by atoms with Crippen molar-refractivity contribution in [3.63, 3.8) is 0 Å². The quantitative estimate of drug-likeness (QED) is 0.462. The molecule has 0 aromatic heterocycles. The van der Waals surface area contributed by atoms with Gasteiger partial charge in [-0.3, -0.25) is 14.4 Å². The minimum atomic E-state index is -1.11. The Morgan fingerprint density at radius 1 is 0.781 bits per heavy atom. The second kappa shape index (κ2) is 15.4. The van der Waals surface area contributed by atoms with E-state index < -0.39 is 42.2 Å². The van der Waals surface area contributed by atoms with Crippen molar-refractivity contribution in [1.82, 2.24) is 0 Å². The Hall–Kier alpha value is -2.38. The van der Waals surface area contributed by atoms with Gasteiger partial charge in [-0.2, -0.15) is 0 Å². The van der Waals surface area contributed by atoms with Crippen LogP contribution in [0, 0.1) is 0 Å². The molecule has 8 heteroatoms. The number of rotatable bonds is 3. The molecule has 4 unspecified atom stereocenters. The molecule has 8 nitrogen and oxygen atoms in total. The van der Waals surface area contributed by atoms with Crippen molar-refractivity contribution in [3.05, 3.63) is 12.2 Å². The third-order valence-corrected chi connectivity index (χ3v) is 5.20. The minimum absolute atomic E-state index is 0.240. The van der Waals surface area contributed by atoms with Crippen LogP contribution in [0.25, 0.3) is 0 Å². The normalized spacial score (nSPS) is 26.7. The largest absolute Gasteiger partial charge is 0.460 e. The highest BCUT2D eigenvalue weighted by Crippen LogP contribution is 2.21. The Morgan fingerprint density at radius 2 is 1.28 bits per heavy atom. The van der Waals surface area contributed by atoms with Crippen molar-refractivity contribution in [2.75, 3.05) is 0 Å². The molecule has 0 aliphatic carbocycles. The summed E-state index contributed by atoms with van der Waals surface area (Å²) in [5.41, 5.74) is 0. The van der Waals surface area contributed by atoms with Gasteiger partial charge in [0.2, 0.25) is 0 Å². The standard InChI is InChI=1S/C24H38O8/c1-17-13-11-9-7-5-6-8-10-12-14-21(30-18(2)25)24(32-20(4)27)22(31-19(3)26)15-16-23(28)29-17/h15-17,21-22,24H,5-14H2,1-4H3. The minimum Gasteiger partial charge on any atom is -0.460 e. The molecule has 32 heavy (non-hydrogen) atoms. The fourth-order valence-electron chi connectivity index (χ4n) is 3.76. The van der Waals surface area contributed by atoms with Crippen molar-refractivity contribution >= 4 is 23.9 Å². The zero-order valence-corrected chi connectivity index (χ0v) is 19.8. The van der Waals surface area contributed by atoms with Gasteiger partial charge in [-0.05, 0) is 38.7 Å². The Morgan fingerprint density at radius 3 is 1.81 bits per heavy atom. The molecule has 0 aromatic rings. The van der Waals surface area contributed by atoms with Crippen molar-refractivity contribution < 1.29 is 38.1 Å². The predicted octanol–water partition coefficient (Wildman–Crippen LogP) is 4.18. The van der Waals surface area contributed by atoms with Crippen LogP contribution in [0.2, 0.25) is 0 Å². The monoisotopic (exact) mass is 454 g/mol. The van der Waals surface area contributed by atoms with Gasteiger partial charge in [0.05, 0.1) is 6.10 Å². The summed E-state index contributed by atoms with van der Waals surface area (Å²) >= 11 is 0. The van der Waals surface area contributed by atoms with E-state index in [1.807, 2.05) is 6.92 Å². The smallest absolute Gasteiger partial charge is 0.330 e. The third kappa shape index (κ3) is 12.5. The topological polar surface area (TPSA) is 105 Å². The Labute approximate surface area is 191 Å². The van der Waals surface area contributed by atoms with Crippen molar-refractivity contribution in [2.24, 2.45) is 0 Å². The van der Waals surface area contributed by atoms with E-state index in [1.165, 1.54) is 26.8 Å². The van der Waals surface area contributed by atoms with E-state index in [4.69, 9.17) is 18.9 Å². The molecule has 0 saturated carbocycles. The zero-order chi connectivity index (χ0) is 23.9. The van der Waals surface area contributed by atoms with Gasteiger partial charge in [-0.1, -0.05) is 38.5 Å². The maximum Gasteiger partial charge on any atom is 0.330 e. The number of cyclic esters (lactones) is 1. The fourth-order valence-corrected chi connectivity index (χ4v) is 3.76. The van der Waals surface area contributed by atoms with Gasteiger partial charge in [0.1, 0.15) is 6.10 Å². The van der Waals surface area contributed by atoms with E-state index in [0.717, 1.165) is 63.9 Å². The number of carbonyl (C=O) groups is 4. The van der Waals surface area contributed by atoms with Gasteiger partial charge in [0, 0.05) is 26.8 Å². The number of hydrogen-bond donors (Lipinski definition) is 0. The molecule has 1 rings (SSSR count). The molecule has 0 aromatic carbocycles. The highest BCUT2D eigenvalue weighted by Gasteiger charge is 2.35. The van der Waals surface area contributed by atoms with Crippen LogP contribution >= 0.6 is 0 Å². The molecular weight excluding hydrogens is 416 g/mol. The molecule has 1 heterocycles. The van der Waals surface area contributed by atoms with E-state index in [0.29, 0.717) is 6.42 Å². The summed E-state index contributed by atoms with van der Waals surface area (Å²) in [5.74, 6) is -2.35. The van der Waals surface area contributed by atoms with Crippen LogP contribution in [0.1, 0.15) is 91.9 Å². The summed E-state index contributed by atoms with van der Waals surface area (Å²) in [6.07, 6.45) is 8.72. The predicted molar refractivity (Wildman–Crippen MR) is 118 cm³/mol. The van der Waals surface area contributed by atoms with Gasteiger partial charge < -0.3 is 18.9 Å². The van der Waals surface area contributed by atoms with E-state index in [2.05, 4.69) is 0 Å². The van der Waals surface area contributed by atoms with E-state index in [1.54, 1.807) is 0 Å². The molecule has 0 bridgehead atoms. The van der Waals surface area contributed by atoms with Crippen LogP contribution in [0.5, 0.6) is 0 Å². The first-order chi connectivity index (χ1) is 15.2. The van der Waals surface area contributed by atoms with Crippen LogP contribution in [0.3, 0.4) is 0 Å². The van der Waals surface area contributed by atoms with Crippen molar-refractivity contribution in [2.45, 2.75) is 116 Å². The number of esters is 4. The van der Waals surface area contributed by atoms with Crippen molar-refractivity contribution in [1.29, 1.82) is 0 Å². The Kier molecular flexibility index (Phi) is 13.3. The molecule has 0 N–H and O–H groups in total. The van der Waals surface area contributed by atoms with Gasteiger partial charge >= 0.3 is 23.9 Å². The summed E-state index contributed by atoms with van der Waals surface area (Å²) in [5, 5.41) is 0. The Bertz CT molecular complexity index is 642. The van der Waals surface area contributed by atoms with Gasteiger partial charge in [0.15, 0.2) is 12.2 Å². The molecule has 0 saturated heterocycles. The second-order valence-corrected chi connectivity index (χ2v) is 8.31. The Balaban J connectivity index is 3.16. The molecule has 1 aliphatic heterocycles. The summed E-state index contributed by atoms with van der Waals surface area (Å²) in [6.45, 7) is 5.55. The van der Waals surface area contributed by atoms with Gasteiger partial charge in [0.25, 0.3) is 0 Å². The van der Waals surface area contributed by atoms with Crippen molar-refractivity contribution in [3.8, 4) is 0 Å². The van der Waals surface area contributed by atoms with Gasteiger partial charge in [-0.15, -0.1) is 0 Å². The lowest BCUT2D eigenvalue weighted by molar-refractivity contribution is -0.179. The molecular formula is C24H38O8. The van der Waals surface area contributed by atoms with Gasteiger partial charge in [-0.25, -0.2) is 4.79 Å². The number of carbonyl (C=O) groups excluding carboxylic acids is 4. The molecule has 0 fully saturated rings. The lowest BCUT2D eigenvalue weighted by Crippen LogP contribution is -2.44. The van der Waals surface area contributed by atoms with E-state index >= 15 is 0 Å². The van der Waals surface area contributed by atoms with Crippen LogP contribution in [-0.2, 0) is 38.1 Å². The molecule has 182 valence electrons. The lowest BCUT2D eigenvalue weighted by atomic mass is 9.99. The first kappa shape index (κ1) is 27.7. The molecule has 0 radical (unpaired) electrons. The lowest BCUT2D eigenvalue weighted by Gasteiger charge is -2.30. The first-order valence-corrected chi connectivity index (χ1v) is 11.6. The number of hydrogen-bond acceptors (Lipinski definition) is 8. The first-order valence-electron chi connectivity index (χ1n) is 11.6. The third-order valence-electron chi connectivity index (χ3n) is 5.20. The second-order valence-electron chi connectivity index (χ2n) is 8.31. The number of ether oxygens (including phenoxy) is 4. The summed E-state index contributed by atoms with van der Waals surface area (Å²) in [6, 6.07) is 0. The summed E-state index contributed by atoms with van der Waals surface area (Å²) < 4.78 is 21.6. The zero-order valence-electron chi connectivity index (χ0n) is 19.8. The highest BCUT2D eigenvalue weighted by atomic mass is 16.6. The van der Waals surface area contributed by atoms with Crippen LogP contribution in [0.15, 0.2) is 12.2 Å². The molecule has 0 spiro atoms. The average Bonchev–Trinajstić information content (AvgIpc) is 2.68. The fraction of sp³-hybridized carbons (Fsp3) is 0.750. The van der Waals surface area contributed by atoms with Crippen LogP contribution in [0.4, 0.5) is 0 Å². The van der Waals surface area contributed by atoms with Crippen LogP contribution < -0.4 is 0 Å². The van der Waals surface area contributed by atoms with Crippen LogP contribution in [-0.4, -0.2) is 48.3 Å².